The SMILES string of the molecule is Cc1cc(C)cc(NC(=O)CN2CCC(c3nnc(C4CC4)o3)CC2)c1. The Kier molecular flexibility index (Phi) is 4.76. The number of piperidine rings is 1. The van der Waals surface area contributed by atoms with Gasteiger partial charge in [0.25, 0.3) is 0 Å². The van der Waals surface area contributed by atoms with E-state index in [0.717, 1.165) is 54.5 Å². The molecule has 2 aliphatic rings. The monoisotopic (exact) mass is 354 g/mol. The first kappa shape index (κ1) is 17.2. The van der Waals surface area contributed by atoms with Gasteiger partial charge in [-0.3, -0.25) is 9.69 Å². The highest BCUT2D eigenvalue weighted by Gasteiger charge is 2.31. The van der Waals surface area contributed by atoms with E-state index in [-0.39, 0.29) is 5.91 Å². The predicted octanol–water partition coefficient (Wildman–Crippen LogP) is 3.38. The number of aryl methyl sites for hydroxylation is 2. The van der Waals surface area contributed by atoms with E-state index in [0.29, 0.717) is 18.4 Å². The molecule has 1 saturated heterocycles. The van der Waals surface area contributed by atoms with Crippen LogP contribution in [0.25, 0.3) is 0 Å². The number of nitrogens with zero attached hydrogens (tertiary/aromatic N) is 3. The average Bonchev–Trinajstić information content (AvgIpc) is 3.32. The van der Waals surface area contributed by atoms with Gasteiger partial charge in [-0.2, -0.15) is 0 Å². The van der Waals surface area contributed by atoms with Gasteiger partial charge in [0.05, 0.1) is 6.54 Å². The number of hydrogen-bond acceptors (Lipinski definition) is 5. The van der Waals surface area contributed by atoms with Gasteiger partial charge in [-0.05, 0) is 75.9 Å². The zero-order chi connectivity index (χ0) is 18.1. The molecule has 1 N–H and O–H groups in total. The van der Waals surface area contributed by atoms with E-state index >= 15 is 0 Å². The molecule has 2 aromatic rings. The maximum absolute atomic E-state index is 12.3. The van der Waals surface area contributed by atoms with Crippen LogP contribution in [0.15, 0.2) is 22.6 Å². The van der Waals surface area contributed by atoms with Gasteiger partial charge in [0.15, 0.2) is 0 Å². The number of likely N-dealkylation sites (tertiary alicyclic amines) is 1. The van der Waals surface area contributed by atoms with Crippen LogP contribution in [0.2, 0.25) is 0 Å². The third-order valence-corrected chi connectivity index (χ3v) is 5.19. The molecule has 26 heavy (non-hydrogen) atoms. The predicted molar refractivity (Wildman–Crippen MR) is 99.2 cm³/mol. The van der Waals surface area contributed by atoms with Crippen molar-refractivity contribution in [1.82, 2.24) is 15.1 Å². The summed E-state index contributed by atoms with van der Waals surface area (Å²) in [5.74, 6) is 2.47. The lowest BCUT2D eigenvalue weighted by Crippen LogP contribution is -2.38. The molecule has 1 aromatic carbocycles. The molecule has 2 heterocycles. The van der Waals surface area contributed by atoms with Gasteiger partial charge >= 0.3 is 0 Å². The second kappa shape index (κ2) is 7.19. The molecule has 1 aliphatic heterocycles. The molecular weight excluding hydrogens is 328 g/mol. The zero-order valence-electron chi connectivity index (χ0n) is 15.5. The average molecular weight is 354 g/mol. The number of amides is 1. The summed E-state index contributed by atoms with van der Waals surface area (Å²) in [4.78, 5) is 14.5. The normalized spacial score (nSPS) is 18.8. The molecule has 0 bridgehead atoms. The van der Waals surface area contributed by atoms with E-state index in [1.54, 1.807) is 0 Å². The third-order valence-electron chi connectivity index (χ3n) is 5.19. The van der Waals surface area contributed by atoms with E-state index in [1.165, 1.54) is 12.8 Å². The molecule has 6 nitrogen and oxygen atoms in total. The molecule has 1 saturated carbocycles. The Bertz CT molecular complexity index is 769. The molecule has 2 fully saturated rings. The fourth-order valence-electron chi connectivity index (χ4n) is 3.70. The molecule has 0 atom stereocenters. The number of carbonyl (C=O) groups excluding carboxylic acids is 1. The Labute approximate surface area is 154 Å². The second-order valence-corrected chi connectivity index (χ2v) is 7.73. The third kappa shape index (κ3) is 4.12. The number of anilines is 1. The lowest BCUT2D eigenvalue weighted by molar-refractivity contribution is -0.117. The lowest BCUT2D eigenvalue weighted by atomic mass is 9.97. The summed E-state index contributed by atoms with van der Waals surface area (Å²) in [6, 6.07) is 6.11. The smallest absolute Gasteiger partial charge is 0.238 e. The second-order valence-electron chi connectivity index (χ2n) is 7.73. The highest BCUT2D eigenvalue weighted by atomic mass is 16.4. The Morgan fingerprint density at radius 3 is 2.19 bits per heavy atom. The van der Waals surface area contributed by atoms with Crippen LogP contribution in [-0.4, -0.2) is 40.6 Å². The molecule has 6 heteroatoms. The van der Waals surface area contributed by atoms with Gasteiger partial charge in [-0.25, -0.2) is 0 Å². The summed E-state index contributed by atoms with van der Waals surface area (Å²) in [6.45, 7) is 6.27. The fraction of sp³-hybridized carbons (Fsp3) is 0.550. The summed E-state index contributed by atoms with van der Waals surface area (Å²) in [5, 5.41) is 11.4. The Morgan fingerprint density at radius 1 is 1.04 bits per heavy atom. The summed E-state index contributed by atoms with van der Waals surface area (Å²) < 4.78 is 5.84. The fourth-order valence-corrected chi connectivity index (χ4v) is 3.70. The van der Waals surface area contributed by atoms with E-state index < -0.39 is 0 Å². The maximum Gasteiger partial charge on any atom is 0.238 e. The summed E-state index contributed by atoms with van der Waals surface area (Å²) in [5.41, 5.74) is 3.19. The Balaban J connectivity index is 1.27. The maximum atomic E-state index is 12.3. The molecule has 0 unspecified atom stereocenters. The molecule has 1 amide bonds. The van der Waals surface area contributed by atoms with Crippen LogP contribution in [0.4, 0.5) is 5.69 Å². The van der Waals surface area contributed by atoms with Crippen LogP contribution in [0.1, 0.15) is 60.4 Å². The van der Waals surface area contributed by atoms with Gasteiger partial charge in [0.1, 0.15) is 0 Å². The Hall–Kier alpha value is -2.21. The van der Waals surface area contributed by atoms with Crippen molar-refractivity contribution in [1.29, 1.82) is 0 Å². The van der Waals surface area contributed by atoms with Crippen molar-refractivity contribution in [2.75, 3.05) is 25.0 Å². The van der Waals surface area contributed by atoms with Crippen LogP contribution in [-0.2, 0) is 4.79 Å². The summed E-state index contributed by atoms with van der Waals surface area (Å²) in [7, 11) is 0. The number of hydrogen-bond donors (Lipinski definition) is 1. The molecule has 4 rings (SSSR count). The summed E-state index contributed by atoms with van der Waals surface area (Å²) >= 11 is 0. The van der Waals surface area contributed by atoms with Gasteiger partial charge in [0, 0.05) is 17.5 Å². The van der Waals surface area contributed by atoms with E-state index in [9.17, 15) is 4.79 Å². The van der Waals surface area contributed by atoms with Gasteiger partial charge < -0.3 is 9.73 Å². The van der Waals surface area contributed by atoms with Gasteiger partial charge in [-0.1, -0.05) is 6.07 Å². The molecular formula is C20H26N4O2. The van der Waals surface area contributed by atoms with Crippen molar-refractivity contribution in [3.05, 3.63) is 41.1 Å². The highest BCUT2D eigenvalue weighted by Crippen LogP contribution is 2.40. The van der Waals surface area contributed by atoms with E-state index in [2.05, 4.69) is 26.5 Å². The standard InChI is InChI=1S/C20H26N4O2/c1-13-9-14(2)11-17(10-13)21-18(25)12-24-7-5-16(6-8-24)20-23-22-19(26-20)15-3-4-15/h9-11,15-16H,3-8,12H2,1-2H3,(H,21,25). The van der Waals surface area contributed by atoms with Crippen LogP contribution in [0, 0.1) is 13.8 Å². The lowest BCUT2D eigenvalue weighted by Gasteiger charge is -2.29. The summed E-state index contributed by atoms with van der Waals surface area (Å²) in [6.07, 6.45) is 4.28. The number of nitrogens with one attached hydrogen (secondary N) is 1. The van der Waals surface area contributed by atoms with Crippen LogP contribution >= 0.6 is 0 Å². The van der Waals surface area contributed by atoms with Gasteiger partial charge in [-0.15, -0.1) is 10.2 Å². The first-order chi connectivity index (χ1) is 12.6. The van der Waals surface area contributed by atoms with Crippen LogP contribution < -0.4 is 5.32 Å². The molecule has 138 valence electrons. The van der Waals surface area contributed by atoms with E-state index in [4.69, 9.17) is 4.42 Å². The molecule has 1 aromatic heterocycles. The van der Waals surface area contributed by atoms with Crippen LogP contribution in [0.5, 0.6) is 0 Å². The molecule has 0 spiro atoms. The van der Waals surface area contributed by atoms with Crippen molar-refractivity contribution >= 4 is 11.6 Å². The quantitative estimate of drug-likeness (QED) is 0.891. The van der Waals surface area contributed by atoms with Crippen molar-refractivity contribution in [2.45, 2.75) is 51.4 Å². The van der Waals surface area contributed by atoms with Crippen molar-refractivity contribution in [3.63, 3.8) is 0 Å². The number of benzene rings is 1. The van der Waals surface area contributed by atoms with Gasteiger partial charge in [0.2, 0.25) is 17.7 Å². The van der Waals surface area contributed by atoms with Crippen molar-refractivity contribution in [2.24, 2.45) is 0 Å². The minimum atomic E-state index is 0.0438. The van der Waals surface area contributed by atoms with Crippen LogP contribution in [0.3, 0.4) is 0 Å². The minimum Gasteiger partial charge on any atom is -0.425 e. The van der Waals surface area contributed by atoms with Crippen molar-refractivity contribution < 1.29 is 9.21 Å². The first-order valence-electron chi connectivity index (χ1n) is 9.50. The largest absolute Gasteiger partial charge is 0.425 e. The van der Waals surface area contributed by atoms with E-state index in [1.807, 2.05) is 26.0 Å². The number of rotatable bonds is 5. The molecule has 0 radical (unpaired) electrons. The zero-order valence-corrected chi connectivity index (χ0v) is 15.5. The first-order valence-corrected chi connectivity index (χ1v) is 9.50. The Morgan fingerprint density at radius 2 is 1.62 bits per heavy atom. The minimum absolute atomic E-state index is 0.0438. The topological polar surface area (TPSA) is 71.3 Å². The number of aromatic nitrogens is 2. The molecule has 1 aliphatic carbocycles. The van der Waals surface area contributed by atoms with Crippen molar-refractivity contribution in [3.8, 4) is 0 Å². The number of carbonyl (C=O) groups is 1. The highest BCUT2D eigenvalue weighted by molar-refractivity contribution is 5.92.